The molecule has 0 spiro atoms. The Bertz CT molecular complexity index is 748. The zero-order valence-corrected chi connectivity index (χ0v) is 17.0. The van der Waals surface area contributed by atoms with E-state index in [-0.39, 0.29) is 18.4 Å². The number of likely N-dealkylation sites (tertiary alicyclic amines) is 1. The van der Waals surface area contributed by atoms with Crippen LogP contribution in [0.15, 0.2) is 17.5 Å². The van der Waals surface area contributed by atoms with Gasteiger partial charge in [0.2, 0.25) is 5.91 Å². The Balaban J connectivity index is 1.48. The molecule has 7 nitrogen and oxygen atoms in total. The lowest BCUT2D eigenvalue weighted by Gasteiger charge is -2.39. The average molecular weight is 407 g/mol. The van der Waals surface area contributed by atoms with Gasteiger partial charge >= 0.3 is 5.97 Å². The van der Waals surface area contributed by atoms with E-state index in [4.69, 9.17) is 4.74 Å². The Morgan fingerprint density at radius 1 is 1.29 bits per heavy atom. The summed E-state index contributed by atoms with van der Waals surface area (Å²) in [5.74, 6) is -1.38. The van der Waals surface area contributed by atoms with Gasteiger partial charge in [-0.15, -0.1) is 11.3 Å². The summed E-state index contributed by atoms with van der Waals surface area (Å²) in [5.41, 5.74) is 0. The highest BCUT2D eigenvalue weighted by Crippen LogP contribution is 2.35. The van der Waals surface area contributed by atoms with E-state index in [1.165, 1.54) is 17.8 Å². The number of ether oxygens (including phenoxy) is 1. The number of amides is 3. The Morgan fingerprint density at radius 2 is 2.07 bits per heavy atom. The number of hydrogen-bond donors (Lipinski definition) is 1. The molecule has 1 N–H and O–H groups in total. The fourth-order valence-corrected chi connectivity index (χ4v) is 4.71. The van der Waals surface area contributed by atoms with Gasteiger partial charge < -0.3 is 9.64 Å². The second-order valence-electron chi connectivity index (χ2n) is 7.74. The van der Waals surface area contributed by atoms with Crippen molar-refractivity contribution in [2.24, 2.45) is 17.8 Å². The van der Waals surface area contributed by atoms with Gasteiger partial charge in [0.15, 0.2) is 6.61 Å². The molecule has 3 amide bonds. The molecule has 2 fully saturated rings. The SMILES string of the molecule is C[C@@H]1[C@H](C)CCC[C@H]1N1C[C@H](C(=O)OCC(=O)NC(=O)c2cccs2)CC1=O. The van der Waals surface area contributed by atoms with Gasteiger partial charge in [-0.05, 0) is 29.7 Å². The van der Waals surface area contributed by atoms with E-state index in [9.17, 15) is 19.2 Å². The number of esters is 1. The number of nitrogens with zero attached hydrogens (tertiary/aromatic N) is 1. The zero-order valence-electron chi connectivity index (χ0n) is 16.2. The second kappa shape index (κ2) is 8.86. The number of carbonyl (C=O) groups excluding carboxylic acids is 4. The summed E-state index contributed by atoms with van der Waals surface area (Å²) in [6.07, 6.45) is 3.34. The average Bonchev–Trinajstić information content (AvgIpc) is 3.32. The summed E-state index contributed by atoms with van der Waals surface area (Å²) >= 11 is 1.22. The number of hydrogen-bond acceptors (Lipinski definition) is 6. The number of carbonyl (C=O) groups is 4. The molecule has 1 aromatic heterocycles. The molecule has 2 aliphatic rings. The summed E-state index contributed by atoms with van der Waals surface area (Å²) < 4.78 is 5.06. The molecule has 1 aliphatic carbocycles. The van der Waals surface area contributed by atoms with Crippen molar-refractivity contribution in [2.45, 2.75) is 45.6 Å². The van der Waals surface area contributed by atoms with Crippen molar-refractivity contribution in [3.8, 4) is 0 Å². The molecular formula is C20H26N2O5S. The predicted octanol–water partition coefficient (Wildman–Crippen LogP) is 2.22. The Morgan fingerprint density at radius 3 is 2.79 bits per heavy atom. The summed E-state index contributed by atoms with van der Waals surface area (Å²) in [4.78, 5) is 50.7. The van der Waals surface area contributed by atoms with E-state index >= 15 is 0 Å². The third-order valence-corrected chi connectivity index (χ3v) is 6.77. The van der Waals surface area contributed by atoms with Crippen LogP contribution in [0.2, 0.25) is 0 Å². The van der Waals surface area contributed by atoms with E-state index in [1.807, 2.05) is 4.90 Å². The zero-order chi connectivity index (χ0) is 20.3. The van der Waals surface area contributed by atoms with Crippen molar-refractivity contribution in [1.82, 2.24) is 10.2 Å². The summed E-state index contributed by atoms with van der Waals surface area (Å²) in [7, 11) is 0. The van der Waals surface area contributed by atoms with Crippen LogP contribution in [0.25, 0.3) is 0 Å². The Kier molecular flexibility index (Phi) is 6.49. The Labute approximate surface area is 168 Å². The van der Waals surface area contributed by atoms with Crippen molar-refractivity contribution >= 4 is 35.0 Å². The second-order valence-corrected chi connectivity index (χ2v) is 8.69. The van der Waals surface area contributed by atoms with Gasteiger partial charge in [0.1, 0.15) is 0 Å². The van der Waals surface area contributed by atoms with Crippen molar-refractivity contribution in [3.63, 3.8) is 0 Å². The number of imide groups is 1. The van der Waals surface area contributed by atoms with Crippen molar-refractivity contribution in [2.75, 3.05) is 13.2 Å². The molecule has 3 rings (SSSR count). The highest BCUT2D eigenvalue weighted by atomic mass is 32.1. The van der Waals surface area contributed by atoms with Crippen LogP contribution in [0, 0.1) is 17.8 Å². The van der Waals surface area contributed by atoms with Gasteiger partial charge in [-0.2, -0.15) is 0 Å². The Hall–Kier alpha value is -2.22. The van der Waals surface area contributed by atoms with Crippen LogP contribution in [0.3, 0.4) is 0 Å². The lowest BCUT2D eigenvalue weighted by Crippen LogP contribution is -2.45. The van der Waals surface area contributed by atoms with Crippen molar-refractivity contribution in [1.29, 1.82) is 0 Å². The maximum atomic E-state index is 12.5. The minimum atomic E-state index is -0.678. The maximum absolute atomic E-state index is 12.5. The normalized spacial score (nSPS) is 27.5. The first kappa shape index (κ1) is 20.5. The molecule has 1 saturated carbocycles. The first-order chi connectivity index (χ1) is 13.4. The summed E-state index contributed by atoms with van der Waals surface area (Å²) in [6.45, 7) is 4.19. The third kappa shape index (κ3) is 4.60. The molecule has 1 aliphatic heterocycles. The van der Waals surface area contributed by atoms with Crippen LogP contribution in [0.4, 0.5) is 0 Å². The van der Waals surface area contributed by atoms with E-state index in [0.717, 1.165) is 12.8 Å². The molecule has 0 aromatic carbocycles. The van der Waals surface area contributed by atoms with Gasteiger partial charge in [-0.25, -0.2) is 0 Å². The van der Waals surface area contributed by atoms with E-state index < -0.39 is 30.3 Å². The molecule has 152 valence electrons. The minimum absolute atomic E-state index is 0.0229. The lowest BCUT2D eigenvalue weighted by molar-refractivity contribution is -0.152. The molecule has 28 heavy (non-hydrogen) atoms. The van der Waals surface area contributed by atoms with Gasteiger partial charge in [0, 0.05) is 19.0 Å². The molecule has 0 bridgehead atoms. The summed E-state index contributed by atoms with van der Waals surface area (Å²) in [5, 5.41) is 3.92. The summed E-state index contributed by atoms with van der Waals surface area (Å²) in [6, 6.07) is 3.48. The van der Waals surface area contributed by atoms with Gasteiger partial charge in [-0.3, -0.25) is 24.5 Å². The number of rotatable bonds is 5. The number of thiophene rings is 1. The minimum Gasteiger partial charge on any atom is -0.455 e. The van der Waals surface area contributed by atoms with Crippen molar-refractivity contribution < 1.29 is 23.9 Å². The van der Waals surface area contributed by atoms with Crippen LogP contribution >= 0.6 is 11.3 Å². The molecule has 0 unspecified atom stereocenters. The molecule has 1 saturated heterocycles. The molecular weight excluding hydrogens is 380 g/mol. The topological polar surface area (TPSA) is 92.8 Å². The third-order valence-electron chi connectivity index (χ3n) is 5.90. The van der Waals surface area contributed by atoms with Crippen LogP contribution in [-0.4, -0.2) is 47.8 Å². The first-order valence-corrected chi connectivity index (χ1v) is 10.6. The van der Waals surface area contributed by atoms with Gasteiger partial charge in [0.05, 0.1) is 10.8 Å². The maximum Gasteiger partial charge on any atom is 0.311 e. The molecule has 0 radical (unpaired) electrons. The van der Waals surface area contributed by atoms with Crippen LogP contribution in [0.5, 0.6) is 0 Å². The first-order valence-electron chi connectivity index (χ1n) is 9.70. The lowest BCUT2D eigenvalue weighted by atomic mass is 9.77. The highest BCUT2D eigenvalue weighted by Gasteiger charge is 2.42. The molecule has 2 heterocycles. The van der Waals surface area contributed by atoms with E-state index in [2.05, 4.69) is 19.2 Å². The van der Waals surface area contributed by atoms with Crippen LogP contribution < -0.4 is 5.32 Å². The van der Waals surface area contributed by atoms with Gasteiger partial charge in [-0.1, -0.05) is 32.8 Å². The quantitative estimate of drug-likeness (QED) is 0.757. The van der Waals surface area contributed by atoms with E-state index in [1.54, 1.807) is 17.5 Å². The highest BCUT2D eigenvalue weighted by molar-refractivity contribution is 7.12. The smallest absolute Gasteiger partial charge is 0.311 e. The fourth-order valence-electron chi connectivity index (χ4n) is 4.09. The fraction of sp³-hybridized carbons (Fsp3) is 0.600. The van der Waals surface area contributed by atoms with Crippen LogP contribution in [-0.2, 0) is 19.1 Å². The van der Waals surface area contributed by atoms with Crippen molar-refractivity contribution in [3.05, 3.63) is 22.4 Å². The number of nitrogens with one attached hydrogen (secondary N) is 1. The monoisotopic (exact) mass is 406 g/mol. The standard InChI is InChI=1S/C20H26N2O5S/c1-12-5-3-6-15(13(12)2)22-10-14(9-18(22)24)20(26)27-11-17(23)21-19(25)16-7-4-8-28-16/h4,7-8,12-15H,3,5-6,9-11H2,1-2H3,(H,21,23,25)/t12-,13-,14-,15-/m1/s1. The molecule has 1 aromatic rings. The van der Waals surface area contributed by atoms with Crippen LogP contribution in [0.1, 0.15) is 49.2 Å². The van der Waals surface area contributed by atoms with E-state index in [0.29, 0.717) is 23.3 Å². The predicted molar refractivity (Wildman–Crippen MR) is 104 cm³/mol. The largest absolute Gasteiger partial charge is 0.455 e. The molecule has 4 atom stereocenters. The molecule has 8 heteroatoms. The van der Waals surface area contributed by atoms with Gasteiger partial charge in [0.25, 0.3) is 11.8 Å².